The van der Waals surface area contributed by atoms with Crippen LogP contribution >= 0.6 is 0 Å². The zero-order valence-corrected chi connectivity index (χ0v) is 8.04. The van der Waals surface area contributed by atoms with Gasteiger partial charge < -0.3 is 15.3 Å². The maximum Gasteiger partial charge on any atom is 0.120 e. The van der Waals surface area contributed by atoms with Crippen molar-refractivity contribution in [3.05, 3.63) is 35.9 Å². The van der Waals surface area contributed by atoms with Gasteiger partial charge in [-0.3, -0.25) is 0 Å². The first kappa shape index (κ1) is 8.96. The Morgan fingerprint density at radius 2 is 2.29 bits per heavy atom. The van der Waals surface area contributed by atoms with Crippen molar-refractivity contribution in [1.29, 1.82) is 0 Å². The second-order valence-corrected chi connectivity index (χ2v) is 3.13. The second kappa shape index (κ2) is 4.06. The van der Waals surface area contributed by atoms with Gasteiger partial charge in [-0.15, -0.1) is 0 Å². The number of nitrogens with zero attached hydrogens (tertiary/aromatic N) is 2. The van der Waals surface area contributed by atoms with Crippen LogP contribution in [0.15, 0.2) is 18.6 Å². The molecule has 74 valence electrons. The standard InChI is InChI=1S/C9H13N5/c1-7-13-5-8(14-7)4-10-6-9-11-2-3-12-9/h2-3,5,10H,4,6H2,1H3,(H,11,12)(H,13,14). The van der Waals surface area contributed by atoms with Crippen molar-refractivity contribution < 1.29 is 0 Å². The largest absolute Gasteiger partial charge is 0.348 e. The molecule has 0 aliphatic carbocycles. The Bertz CT molecular complexity index is 376. The van der Waals surface area contributed by atoms with Crippen LogP contribution in [0.3, 0.4) is 0 Å². The van der Waals surface area contributed by atoms with Crippen molar-refractivity contribution in [3.8, 4) is 0 Å². The third-order valence-corrected chi connectivity index (χ3v) is 1.92. The number of nitrogens with one attached hydrogen (secondary N) is 3. The summed E-state index contributed by atoms with van der Waals surface area (Å²) in [5.74, 6) is 1.89. The molecule has 0 saturated heterocycles. The lowest BCUT2D eigenvalue weighted by Gasteiger charge is -1.99. The lowest BCUT2D eigenvalue weighted by Crippen LogP contribution is -2.13. The first-order chi connectivity index (χ1) is 6.84. The topological polar surface area (TPSA) is 69.4 Å². The van der Waals surface area contributed by atoms with Gasteiger partial charge in [-0.25, -0.2) is 9.97 Å². The van der Waals surface area contributed by atoms with Crippen LogP contribution in [0, 0.1) is 6.92 Å². The summed E-state index contributed by atoms with van der Waals surface area (Å²) in [4.78, 5) is 14.4. The molecule has 0 amide bonds. The van der Waals surface area contributed by atoms with E-state index in [1.54, 1.807) is 6.20 Å². The molecule has 0 radical (unpaired) electrons. The molecule has 14 heavy (non-hydrogen) atoms. The minimum Gasteiger partial charge on any atom is -0.348 e. The number of hydrogen-bond donors (Lipinski definition) is 3. The van der Waals surface area contributed by atoms with E-state index in [-0.39, 0.29) is 0 Å². The molecule has 0 saturated carbocycles. The van der Waals surface area contributed by atoms with Gasteiger partial charge in [0.05, 0.1) is 6.54 Å². The quantitative estimate of drug-likeness (QED) is 0.667. The Kier molecular flexibility index (Phi) is 2.60. The second-order valence-electron chi connectivity index (χ2n) is 3.13. The summed E-state index contributed by atoms with van der Waals surface area (Å²) in [7, 11) is 0. The first-order valence-corrected chi connectivity index (χ1v) is 4.54. The molecule has 3 N–H and O–H groups in total. The summed E-state index contributed by atoms with van der Waals surface area (Å²) in [6.45, 7) is 3.46. The molecule has 0 spiro atoms. The zero-order chi connectivity index (χ0) is 9.80. The summed E-state index contributed by atoms with van der Waals surface area (Å²) in [6.07, 6.45) is 5.40. The molecule has 0 atom stereocenters. The molecule has 0 unspecified atom stereocenters. The molecule has 0 aromatic carbocycles. The summed E-state index contributed by atoms with van der Waals surface area (Å²) >= 11 is 0. The zero-order valence-electron chi connectivity index (χ0n) is 8.04. The Morgan fingerprint density at radius 1 is 1.36 bits per heavy atom. The van der Waals surface area contributed by atoms with Crippen molar-refractivity contribution in [3.63, 3.8) is 0 Å². The van der Waals surface area contributed by atoms with Crippen LogP contribution in [-0.4, -0.2) is 19.9 Å². The highest BCUT2D eigenvalue weighted by Crippen LogP contribution is 1.95. The highest BCUT2D eigenvalue weighted by molar-refractivity contribution is 4.99. The lowest BCUT2D eigenvalue weighted by molar-refractivity contribution is 0.659. The fourth-order valence-corrected chi connectivity index (χ4v) is 1.27. The van der Waals surface area contributed by atoms with Crippen molar-refractivity contribution in [1.82, 2.24) is 25.3 Å². The van der Waals surface area contributed by atoms with Gasteiger partial charge in [0.2, 0.25) is 0 Å². The average Bonchev–Trinajstić information content (AvgIpc) is 2.77. The smallest absolute Gasteiger partial charge is 0.120 e. The van der Waals surface area contributed by atoms with Gasteiger partial charge in [-0.2, -0.15) is 0 Å². The van der Waals surface area contributed by atoms with Crippen LogP contribution < -0.4 is 5.32 Å². The number of H-pyrrole nitrogens is 2. The molecular weight excluding hydrogens is 178 g/mol. The van der Waals surface area contributed by atoms with Gasteiger partial charge in [0, 0.05) is 30.8 Å². The SMILES string of the molecule is Cc1ncc(CNCc2ncc[nH]2)[nH]1. The number of aryl methyl sites for hydroxylation is 1. The number of hydrogen-bond acceptors (Lipinski definition) is 3. The molecule has 5 nitrogen and oxygen atoms in total. The average molecular weight is 191 g/mol. The molecule has 0 aliphatic heterocycles. The van der Waals surface area contributed by atoms with Crippen molar-refractivity contribution in [2.45, 2.75) is 20.0 Å². The maximum atomic E-state index is 4.11. The predicted octanol–water partition coefficient (Wildman–Crippen LogP) is 0.731. The van der Waals surface area contributed by atoms with Gasteiger partial charge in [0.1, 0.15) is 11.6 Å². The summed E-state index contributed by atoms with van der Waals surface area (Å²) in [5, 5.41) is 3.25. The third-order valence-electron chi connectivity index (χ3n) is 1.92. The Labute approximate surface area is 82.0 Å². The normalized spacial score (nSPS) is 10.6. The summed E-state index contributed by atoms with van der Waals surface area (Å²) < 4.78 is 0. The van der Waals surface area contributed by atoms with E-state index in [0.29, 0.717) is 0 Å². The fraction of sp³-hybridized carbons (Fsp3) is 0.333. The molecule has 0 aliphatic rings. The van der Waals surface area contributed by atoms with Crippen LogP contribution in [0.5, 0.6) is 0 Å². The van der Waals surface area contributed by atoms with Gasteiger partial charge in [0.25, 0.3) is 0 Å². The highest BCUT2D eigenvalue weighted by Gasteiger charge is 1.97. The number of rotatable bonds is 4. The summed E-state index contributed by atoms with van der Waals surface area (Å²) in [5.41, 5.74) is 1.09. The molecule has 2 heterocycles. The summed E-state index contributed by atoms with van der Waals surface area (Å²) in [6, 6.07) is 0. The Balaban J connectivity index is 1.78. The van der Waals surface area contributed by atoms with E-state index in [1.807, 2.05) is 19.3 Å². The monoisotopic (exact) mass is 191 g/mol. The minimum atomic E-state index is 0.741. The fourth-order valence-electron chi connectivity index (χ4n) is 1.27. The van der Waals surface area contributed by atoms with Crippen LogP contribution in [0.1, 0.15) is 17.3 Å². The van der Waals surface area contributed by atoms with Crippen LogP contribution in [-0.2, 0) is 13.1 Å². The molecule has 5 heteroatoms. The predicted molar refractivity (Wildman–Crippen MR) is 52.5 cm³/mol. The van der Waals surface area contributed by atoms with E-state index in [0.717, 1.165) is 30.4 Å². The van der Waals surface area contributed by atoms with Crippen molar-refractivity contribution >= 4 is 0 Å². The van der Waals surface area contributed by atoms with Crippen LogP contribution in [0.4, 0.5) is 0 Å². The van der Waals surface area contributed by atoms with Gasteiger partial charge in [-0.05, 0) is 6.92 Å². The number of aromatic amines is 2. The molecular formula is C9H13N5. The van der Waals surface area contributed by atoms with E-state index in [4.69, 9.17) is 0 Å². The van der Waals surface area contributed by atoms with Crippen molar-refractivity contribution in [2.24, 2.45) is 0 Å². The Morgan fingerprint density at radius 3 is 2.93 bits per heavy atom. The molecule has 2 aromatic heterocycles. The Hall–Kier alpha value is -1.62. The van der Waals surface area contributed by atoms with E-state index < -0.39 is 0 Å². The molecule has 2 rings (SSSR count). The van der Waals surface area contributed by atoms with Crippen LogP contribution in [0.2, 0.25) is 0 Å². The molecule has 0 bridgehead atoms. The highest BCUT2D eigenvalue weighted by atomic mass is 15.0. The van der Waals surface area contributed by atoms with E-state index in [2.05, 4.69) is 25.3 Å². The first-order valence-electron chi connectivity index (χ1n) is 4.54. The maximum absolute atomic E-state index is 4.11. The van der Waals surface area contributed by atoms with E-state index in [1.165, 1.54) is 0 Å². The van der Waals surface area contributed by atoms with Crippen molar-refractivity contribution in [2.75, 3.05) is 0 Å². The lowest BCUT2D eigenvalue weighted by atomic mass is 10.4. The number of imidazole rings is 2. The minimum absolute atomic E-state index is 0.741. The molecule has 2 aromatic rings. The van der Waals surface area contributed by atoms with E-state index in [9.17, 15) is 0 Å². The van der Waals surface area contributed by atoms with Gasteiger partial charge in [0.15, 0.2) is 0 Å². The van der Waals surface area contributed by atoms with E-state index >= 15 is 0 Å². The third kappa shape index (κ3) is 2.20. The van der Waals surface area contributed by atoms with Gasteiger partial charge in [-0.1, -0.05) is 0 Å². The van der Waals surface area contributed by atoms with Crippen LogP contribution in [0.25, 0.3) is 0 Å². The molecule has 0 fully saturated rings. The van der Waals surface area contributed by atoms with Gasteiger partial charge >= 0.3 is 0 Å². The number of aromatic nitrogens is 4.